The minimum atomic E-state index is -0.465. The first-order valence-electron chi connectivity index (χ1n) is 7.71. The van der Waals surface area contributed by atoms with Gasteiger partial charge in [-0.15, -0.1) is 11.3 Å². The molecule has 0 N–H and O–H groups in total. The summed E-state index contributed by atoms with van der Waals surface area (Å²) in [5.74, 6) is -0.710. The van der Waals surface area contributed by atoms with E-state index in [1.807, 2.05) is 16.0 Å². The fourth-order valence-electron chi connectivity index (χ4n) is 3.23. The largest absolute Gasteiger partial charge is 0.330 e. The van der Waals surface area contributed by atoms with Crippen LogP contribution in [0, 0.1) is 5.82 Å². The Morgan fingerprint density at radius 1 is 1.30 bits per heavy atom. The lowest BCUT2D eigenvalue weighted by Gasteiger charge is -2.35. The van der Waals surface area contributed by atoms with Crippen molar-refractivity contribution in [2.45, 2.75) is 25.3 Å². The summed E-state index contributed by atoms with van der Waals surface area (Å²) in [6, 6.07) is 6.10. The van der Waals surface area contributed by atoms with Gasteiger partial charge in [-0.3, -0.25) is 9.20 Å². The minimum Gasteiger partial charge on any atom is -0.330 e. The molecule has 0 saturated carbocycles. The molecule has 0 radical (unpaired) electrons. The molecule has 0 aliphatic carbocycles. The van der Waals surface area contributed by atoms with Crippen molar-refractivity contribution < 1.29 is 9.18 Å². The predicted octanol–water partition coefficient (Wildman–Crippen LogP) is 3.90. The molecule has 4 nitrogen and oxygen atoms in total. The molecule has 1 atom stereocenters. The van der Waals surface area contributed by atoms with Crippen molar-refractivity contribution in [2.75, 3.05) is 6.54 Å². The van der Waals surface area contributed by atoms with Gasteiger partial charge in [-0.2, -0.15) is 0 Å². The number of amides is 1. The van der Waals surface area contributed by atoms with Crippen molar-refractivity contribution >= 4 is 22.1 Å². The highest BCUT2D eigenvalue weighted by atomic mass is 32.1. The normalized spacial score (nSPS) is 18.5. The van der Waals surface area contributed by atoms with Crippen molar-refractivity contribution in [2.24, 2.45) is 0 Å². The fourth-order valence-corrected chi connectivity index (χ4v) is 4.09. The zero-order valence-electron chi connectivity index (χ0n) is 12.5. The maximum atomic E-state index is 14.0. The first-order chi connectivity index (χ1) is 11.3. The van der Waals surface area contributed by atoms with Gasteiger partial charge in [0, 0.05) is 18.1 Å². The van der Waals surface area contributed by atoms with E-state index < -0.39 is 5.82 Å². The number of benzene rings is 1. The number of rotatable bonds is 2. The first-order valence-corrected chi connectivity index (χ1v) is 8.59. The van der Waals surface area contributed by atoms with Gasteiger partial charge in [0.25, 0.3) is 5.91 Å². The standard InChI is InChI=1S/C17H16FN3OS/c18-13-6-2-1-5-12(13)16(22)21-8-4-3-7-14(21)15-17-20(11-19-15)9-10-23-17/h1-2,5-6,9-11,14H,3-4,7-8H2/t14-/m1/s1. The zero-order chi connectivity index (χ0) is 15.8. The molecule has 0 spiro atoms. The number of piperidine rings is 1. The number of imidazole rings is 1. The number of nitrogens with zero attached hydrogens (tertiary/aromatic N) is 3. The molecule has 1 aliphatic heterocycles. The van der Waals surface area contributed by atoms with E-state index in [0.717, 1.165) is 29.8 Å². The Balaban J connectivity index is 1.72. The molecule has 1 aliphatic rings. The summed E-state index contributed by atoms with van der Waals surface area (Å²) in [5, 5.41) is 2.01. The summed E-state index contributed by atoms with van der Waals surface area (Å²) in [5.41, 5.74) is 1.06. The van der Waals surface area contributed by atoms with E-state index in [2.05, 4.69) is 4.98 Å². The number of hydrogen-bond donors (Lipinski definition) is 0. The SMILES string of the molecule is O=C(c1ccccc1F)N1CCCC[C@@H]1c1ncn2ccsc12. The van der Waals surface area contributed by atoms with Crippen LogP contribution in [0.1, 0.15) is 41.4 Å². The molecule has 0 bridgehead atoms. The van der Waals surface area contributed by atoms with Crippen LogP contribution in [0.5, 0.6) is 0 Å². The monoisotopic (exact) mass is 329 g/mol. The van der Waals surface area contributed by atoms with Crippen molar-refractivity contribution in [3.8, 4) is 0 Å². The van der Waals surface area contributed by atoms with E-state index in [9.17, 15) is 9.18 Å². The summed E-state index contributed by atoms with van der Waals surface area (Å²) in [4.78, 5) is 20.2. The van der Waals surface area contributed by atoms with E-state index >= 15 is 0 Å². The summed E-state index contributed by atoms with van der Waals surface area (Å²) in [7, 11) is 0. The van der Waals surface area contributed by atoms with E-state index in [-0.39, 0.29) is 17.5 Å². The second-order valence-electron chi connectivity index (χ2n) is 5.74. The molecule has 118 valence electrons. The predicted molar refractivity (Wildman–Crippen MR) is 87.1 cm³/mol. The lowest BCUT2D eigenvalue weighted by atomic mass is 9.98. The average molecular weight is 329 g/mol. The third kappa shape index (κ3) is 2.43. The van der Waals surface area contributed by atoms with Gasteiger partial charge in [0.1, 0.15) is 17.0 Å². The van der Waals surface area contributed by atoms with Crippen LogP contribution in [0.25, 0.3) is 4.83 Å². The summed E-state index contributed by atoms with van der Waals surface area (Å²) < 4.78 is 16.0. The Labute approximate surface area is 137 Å². The van der Waals surface area contributed by atoms with E-state index in [0.29, 0.717) is 6.54 Å². The number of carbonyl (C=O) groups excluding carboxylic acids is 1. The molecule has 1 aromatic carbocycles. The van der Waals surface area contributed by atoms with E-state index in [1.54, 1.807) is 40.8 Å². The van der Waals surface area contributed by atoms with Gasteiger partial charge in [-0.1, -0.05) is 12.1 Å². The molecule has 3 aromatic rings. The van der Waals surface area contributed by atoms with Crippen LogP contribution in [0.15, 0.2) is 42.2 Å². The van der Waals surface area contributed by atoms with Crippen LogP contribution in [0.4, 0.5) is 4.39 Å². The van der Waals surface area contributed by atoms with Crippen LogP contribution in [0.3, 0.4) is 0 Å². The molecule has 1 amide bonds. The lowest BCUT2D eigenvalue weighted by Crippen LogP contribution is -2.39. The highest BCUT2D eigenvalue weighted by Crippen LogP contribution is 2.35. The fraction of sp³-hybridized carbons (Fsp3) is 0.294. The quantitative estimate of drug-likeness (QED) is 0.715. The molecular formula is C17H16FN3OS. The van der Waals surface area contributed by atoms with E-state index in [4.69, 9.17) is 0 Å². The van der Waals surface area contributed by atoms with Crippen molar-refractivity contribution in [3.63, 3.8) is 0 Å². The third-order valence-corrected chi connectivity index (χ3v) is 5.26. The molecule has 3 heterocycles. The van der Waals surface area contributed by atoms with Gasteiger partial charge in [-0.25, -0.2) is 9.37 Å². The van der Waals surface area contributed by atoms with Crippen LogP contribution in [-0.2, 0) is 0 Å². The van der Waals surface area contributed by atoms with Crippen molar-refractivity contribution in [1.82, 2.24) is 14.3 Å². The van der Waals surface area contributed by atoms with Crippen LogP contribution in [-0.4, -0.2) is 26.7 Å². The number of hydrogen-bond acceptors (Lipinski definition) is 3. The molecule has 0 unspecified atom stereocenters. The molecule has 23 heavy (non-hydrogen) atoms. The van der Waals surface area contributed by atoms with Crippen LogP contribution >= 0.6 is 11.3 Å². The Kier molecular flexibility index (Phi) is 3.61. The summed E-state index contributed by atoms with van der Waals surface area (Å²) in [6.45, 7) is 0.641. The second kappa shape index (κ2) is 5.77. The number of aromatic nitrogens is 2. The number of thiazole rings is 1. The highest BCUT2D eigenvalue weighted by molar-refractivity contribution is 7.15. The van der Waals surface area contributed by atoms with Gasteiger partial charge >= 0.3 is 0 Å². The molecular weight excluding hydrogens is 313 g/mol. The van der Waals surface area contributed by atoms with Gasteiger partial charge < -0.3 is 4.90 Å². The lowest BCUT2D eigenvalue weighted by molar-refractivity contribution is 0.0604. The van der Waals surface area contributed by atoms with Crippen molar-refractivity contribution in [1.29, 1.82) is 0 Å². The second-order valence-corrected chi connectivity index (χ2v) is 6.63. The summed E-state index contributed by atoms with van der Waals surface area (Å²) in [6.07, 6.45) is 6.60. The highest BCUT2D eigenvalue weighted by Gasteiger charge is 2.32. The van der Waals surface area contributed by atoms with Crippen LogP contribution < -0.4 is 0 Å². The number of likely N-dealkylation sites (tertiary alicyclic amines) is 1. The maximum absolute atomic E-state index is 14.0. The number of halogens is 1. The minimum absolute atomic E-state index is 0.0838. The van der Waals surface area contributed by atoms with E-state index in [1.165, 1.54) is 6.07 Å². The number of fused-ring (bicyclic) bond motifs is 1. The molecule has 2 aromatic heterocycles. The summed E-state index contributed by atoms with van der Waals surface area (Å²) >= 11 is 1.62. The Bertz CT molecular complexity index is 856. The molecule has 4 rings (SSSR count). The zero-order valence-corrected chi connectivity index (χ0v) is 13.3. The first kappa shape index (κ1) is 14.4. The average Bonchev–Trinajstić information content (AvgIpc) is 3.18. The Hall–Kier alpha value is -2.21. The smallest absolute Gasteiger partial charge is 0.257 e. The van der Waals surface area contributed by atoms with Crippen LogP contribution in [0.2, 0.25) is 0 Å². The van der Waals surface area contributed by atoms with Gasteiger partial charge in [-0.05, 0) is 31.4 Å². The Morgan fingerprint density at radius 2 is 2.17 bits per heavy atom. The molecule has 6 heteroatoms. The third-order valence-electron chi connectivity index (χ3n) is 4.36. The van der Waals surface area contributed by atoms with Gasteiger partial charge in [0.2, 0.25) is 0 Å². The number of carbonyl (C=O) groups is 1. The maximum Gasteiger partial charge on any atom is 0.257 e. The topological polar surface area (TPSA) is 37.6 Å². The Morgan fingerprint density at radius 3 is 3.04 bits per heavy atom. The molecule has 1 saturated heterocycles. The molecule has 1 fully saturated rings. The van der Waals surface area contributed by atoms with Gasteiger partial charge in [0.15, 0.2) is 0 Å². The van der Waals surface area contributed by atoms with Gasteiger partial charge in [0.05, 0.1) is 17.3 Å². The van der Waals surface area contributed by atoms with Crippen molar-refractivity contribution in [3.05, 3.63) is 59.2 Å².